The van der Waals surface area contributed by atoms with Crippen molar-refractivity contribution in [3.63, 3.8) is 0 Å². The molecule has 7 nitrogen and oxygen atoms in total. The molecule has 2 aromatic carbocycles. The molecule has 39 heavy (non-hydrogen) atoms. The summed E-state index contributed by atoms with van der Waals surface area (Å²) in [4.78, 5) is 42.7. The molecule has 1 aliphatic heterocycles. The number of nitrogens with zero attached hydrogens (tertiary/aromatic N) is 1. The van der Waals surface area contributed by atoms with Crippen LogP contribution in [0.4, 0.5) is 32.0 Å². The van der Waals surface area contributed by atoms with Crippen molar-refractivity contribution < 1.29 is 40.7 Å². The third-order valence-corrected chi connectivity index (χ3v) is 6.29. The topological polar surface area (TPSA) is 114 Å². The lowest BCUT2D eigenvalue weighted by Crippen LogP contribution is -2.48. The molecule has 210 valence electrons. The van der Waals surface area contributed by atoms with E-state index in [4.69, 9.17) is 5.73 Å². The number of hydrogen-bond acceptors (Lipinski definition) is 4. The summed E-state index contributed by atoms with van der Waals surface area (Å²) < 4.78 is 77.6. The number of amides is 3. The van der Waals surface area contributed by atoms with E-state index in [0.29, 0.717) is 22.5 Å². The number of carbonyl (C=O) groups excluding carboxylic acids is 3. The maximum atomic E-state index is 13.2. The van der Waals surface area contributed by atoms with E-state index < -0.39 is 73.8 Å². The average Bonchev–Trinajstić information content (AvgIpc) is 2.96. The van der Waals surface area contributed by atoms with E-state index in [9.17, 15) is 40.7 Å². The SMILES string of the molecule is Cc1ccccc1C1=NC(NC(=O)C(CCC(F)(F)F)C(CCC(F)(F)F)C(N)=O)C(=O)Nc2ccccc21. The van der Waals surface area contributed by atoms with Crippen molar-refractivity contribution in [2.45, 2.75) is 51.1 Å². The van der Waals surface area contributed by atoms with Gasteiger partial charge in [0.25, 0.3) is 5.91 Å². The fourth-order valence-electron chi connectivity index (χ4n) is 4.34. The van der Waals surface area contributed by atoms with E-state index >= 15 is 0 Å². The number of primary amides is 1. The summed E-state index contributed by atoms with van der Waals surface area (Å²) >= 11 is 0. The first-order chi connectivity index (χ1) is 18.2. The Morgan fingerprint density at radius 3 is 2.03 bits per heavy atom. The molecule has 3 amide bonds. The van der Waals surface area contributed by atoms with E-state index in [-0.39, 0.29) is 0 Å². The molecular weight excluding hydrogens is 530 g/mol. The highest BCUT2D eigenvalue weighted by Gasteiger charge is 2.40. The Hall–Kier alpha value is -3.90. The molecule has 3 atom stereocenters. The van der Waals surface area contributed by atoms with E-state index in [1.54, 1.807) is 55.5 Å². The minimum atomic E-state index is -4.76. The van der Waals surface area contributed by atoms with E-state index in [1.807, 2.05) is 0 Å². The van der Waals surface area contributed by atoms with Gasteiger partial charge in [-0.1, -0.05) is 42.5 Å². The van der Waals surface area contributed by atoms with Gasteiger partial charge in [0, 0.05) is 35.8 Å². The Labute approximate surface area is 219 Å². The molecule has 3 unspecified atom stereocenters. The van der Waals surface area contributed by atoms with Crippen LogP contribution in [-0.4, -0.2) is 42.0 Å². The molecule has 0 bridgehead atoms. The molecule has 2 aromatic rings. The molecule has 1 heterocycles. The highest BCUT2D eigenvalue weighted by Crippen LogP contribution is 2.33. The maximum absolute atomic E-state index is 13.2. The molecule has 0 spiro atoms. The number of para-hydroxylation sites is 1. The summed E-state index contributed by atoms with van der Waals surface area (Å²) in [6.07, 6.45) is -16.3. The zero-order valence-corrected chi connectivity index (χ0v) is 20.7. The van der Waals surface area contributed by atoms with Gasteiger partial charge in [-0.3, -0.25) is 14.4 Å². The number of anilines is 1. The monoisotopic (exact) mass is 556 g/mol. The lowest BCUT2D eigenvalue weighted by atomic mass is 9.83. The van der Waals surface area contributed by atoms with Crippen LogP contribution in [0, 0.1) is 18.8 Å². The second-order valence-corrected chi connectivity index (χ2v) is 9.16. The van der Waals surface area contributed by atoms with Crippen molar-refractivity contribution in [2.24, 2.45) is 22.6 Å². The van der Waals surface area contributed by atoms with Crippen LogP contribution >= 0.6 is 0 Å². The number of nitrogens with one attached hydrogen (secondary N) is 2. The standard InChI is InChI=1S/C26H26F6N4O3/c1-14-6-2-3-7-15(14)20-18-8-4-5-9-19(18)34-24(39)22(35-20)36-23(38)17(11-13-26(30,31)32)16(21(33)37)10-12-25(27,28)29/h2-9,16-17,22H,10-13H2,1H3,(H2,33,37)(H,34,39)(H,36,38). The van der Waals surface area contributed by atoms with Crippen LogP contribution in [0.2, 0.25) is 0 Å². The van der Waals surface area contributed by atoms with Crippen LogP contribution in [0.5, 0.6) is 0 Å². The number of carbonyl (C=O) groups is 3. The smallest absolute Gasteiger partial charge is 0.369 e. The summed E-state index contributed by atoms with van der Waals surface area (Å²) in [5.41, 5.74) is 7.76. The van der Waals surface area contributed by atoms with Crippen LogP contribution in [0.3, 0.4) is 0 Å². The van der Waals surface area contributed by atoms with Gasteiger partial charge in [-0.2, -0.15) is 26.3 Å². The van der Waals surface area contributed by atoms with Crippen molar-refractivity contribution >= 4 is 29.1 Å². The van der Waals surface area contributed by atoms with E-state index in [2.05, 4.69) is 15.6 Å². The highest BCUT2D eigenvalue weighted by molar-refractivity contribution is 6.20. The number of benzene rings is 2. The summed E-state index contributed by atoms with van der Waals surface area (Å²) in [7, 11) is 0. The van der Waals surface area contributed by atoms with Gasteiger partial charge in [-0.25, -0.2) is 4.99 Å². The van der Waals surface area contributed by atoms with Crippen LogP contribution in [0.25, 0.3) is 0 Å². The first-order valence-electron chi connectivity index (χ1n) is 11.9. The summed E-state index contributed by atoms with van der Waals surface area (Å²) in [6.45, 7) is 1.79. The molecule has 0 saturated carbocycles. The third-order valence-electron chi connectivity index (χ3n) is 6.29. The van der Waals surface area contributed by atoms with Gasteiger partial charge in [0.1, 0.15) is 0 Å². The minimum Gasteiger partial charge on any atom is -0.369 e. The molecule has 0 saturated heterocycles. The van der Waals surface area contributed by atoms with Gasteiger partial charge < -0.3 is 16.4 Å². The van der Waals surface area contributed by atoms with Gasteiger partial charge in [-0.15, -0.1) is 0 Å². The number of nitrogens with two attached hydrogens (primary N) is 1. The van der Waals surface area contributed by atoms with Gasteiger partial charge in [0.15, 0.2) is 0 Å². The van der Waals surface area contributed by atoms with Crippen molar-refractivity contribution in [1.29, 1.82) is 0 Å². The molecule has 0 aromatic heterocycles. The number of benzodiazepines with no additional fused rings is 1. The number of aryl methyl sites for hydroxylation is 1. The molecular formula is C26H26F6N4O3. The quantitative estimate of drug-likeness (QED) is 0.392. The Balaban J connectivity index is 1.99. The zero-order chi connectivity index (χ0) is 29.0. The minimum absolute atomic E-state index is 0.294. The Morgan fingerprint density at radius 2 is 1.46 bits per heavy atom. The summed E-state index contributed by atoms with van der Waals surface area (Å²) in [6, 6.07) is 13.6. The molecule has 3 rings (SSSR count). The Kier molecular flexibility index (Phi) is 9.03. The van der Waals surface area contributed by atoms with Crippen molar-refractivity contribution in [3.8, 4) is 0 Å². The molecule has 0 radical (unpaired) electrons. The van der Waals surface area contributed by atoms with Crippen LogP contribution in [0.1, 0.15) is 42.4 Å². The van der Waals surface area contributed by atoms with Crippen molar-refractivity contribution in [2.75, 3.05) is 5.32 Å². The Bertz CT molecular complexity index is 1260. The van der Waals surface area contributed by atoms with Crippen molar-refractivity contribution in [3.05, 3.63) is 65.2 Å². The largest absolute Gasteiger partial charge is 0.389 e. The van der Waals surface area contributed by atoms with E-state index in [1.165, 1.54) is 0 Å². The molecule has 0 aliphatic carbocycles. The lowest BCUT2D eigenvalue weighted by molar-refractivity contribution is -0.152. The third kappa shape index (κ3) is 8.04. The fourth-order valence-corrected chi connectivity index (χ4v) is 4.34. The first kappa shape index (κ1) is 29.7. The predicted octanol–water partition coefficient (Wildman–Crippen LogP) is 4.63. The van der Waals surface area contributed by atoms with Crippen LogP contribution < -0.4 is 16.4 Å². The number of aliphatic imine (C=N–C) groups is 1. The second-order valence-electron chi connectivity index (χ2n) is 9.16. The summed E-state index contributed by atoms with van der Waals surface area (Å²) in [5.74, 6) is -7.19. The normalized spacial score (nSPS) is 17.3. The molecule has 1 aliphatic rings. The predicted molar refractivity (Wildman–Crippen MR) is 131 cm³/mol. The zero-order valence-electron chi connectivity index (χ0n) is 20.7. The maximum Gasteiger partial charge on any atom is 0.389 e. The van der Waals surface area contributed by atoms with Crippen LogP contribution in [0.15, 0.2) is 53.5 Å². The van der Waals surface area contributed by atoms with Gasteiger partial charge in [0.05, 0.1) is 11.4 Å². The van der Waals surface area contributed by atoms with Gasteiger partial charge in [-0.05, 0) is 31.4 Å². The Morgan fingerprint density at radius 1 is 0.923 bits per heavy atom. The average molecular weight is 557 g/mol. The molecule has 13 heteroatoms. The number of alkyl halides is 6. The number of rotatable bonds is 9. The lowest BCUT2D eigenvalue weighted by Gasteiger charge is -2.26. The highest BCUT2D eigenvalue weighted by atomic mass is 19.4. The van der Waals surface area contributed by atoms with Gasteiger partial charge in [0.2, 0.25) is 18.0 Å². The molecule has 0 fully saturated rings. The van der Waals surface area contributed by atoms with E-state index in [0.717, 1.165) is 5.56 Å². The number of hydrogen-bond donors (Lipinski definition) is 3. The summed E-state index contributed by atoms with van der Waals surface area (Å²) in [5, 5.41) is 4.84. The fraction of sp³-hybridized carbons (Fsp3) is 0.385. The second kappa shape index (κ2) is 11.9. The van der Waals surface area contributed by atoms with Crippen LogP contribution in [-0.2, 0) is 14.4 Å². The number of halogens is 6. The molecule has 4 N–H and O–H groups in total. The first-order valence-corrected chi connectivity index (χ1v) is 11.9. The van der Waals surface area contributed by atoms with Gasteiger partial charge >= 0.3 is 12.4 Å². The van der Waals surface area contributed by atoms with Crippen molar-refractivity contribution in [1.82, 2.24) is 5.32 Å². The number of fused-ring (bicyclic) bond motifs is 1.